The number of nitrogens with one attached hydrogen (secondary N) is 1. The highest BCUT2D eigenvalue weighted by Crippen LogP contribution is 2.31. The molecule has 2 N–H and O–H groups in total. The van der Waals surface area contributed by atoms with Crippen LogP contribution < -0.4 is 9.46 Å². The number of hydrogen-bond donors (Lipinski definition) is 2. The molecule has 0 spiro atoms. The summed E-state index contributed by atoms with van der Waals surface area (Å²) < 4.78 is 32.2. The molecule has 0 fully saturated rings. The first-order valence-corrected chi connectivity index (χ1v) is 7.86. The molecule has 0 amide bonds. The molecule has 0 saturated heterocycles. The summed E-state index contributed by atoms with van der Waals surface area (Å²) in [6.45, 7) is 0. The molecule has 2 aromatic rings. The third-order valence-electron chi connectivity index (χ3n) is 2.58. The molecule has 2 rings (SSSR count). The smallest absolute Gasteiger partial charge is 0.263 e. The number of rotatable bonds is 4. The zero-order valence-electron chi connectivity index (χ0n) is 10.5. The molecular formula is C13H12BrNO4S. The molecule has 0 bridgehead atoms. The number of hydrogen-bond acceptors (Lipinski definition) is 4. The van der Waals surface area contributed by atoms with Crippen molar-refractivity contribution in [1.82, 2.24) is 0 Å². The Bertz CT molecular complexity index is 731. The van der Waals surface area contributed by atoms with E-state index in [1.165, 1.54) is 25.3 Å². The van der Waals surface area contributed by atoms with Crippen molar-refractivity contribution in [3.63, 3.8) is 0 Å². The van der Waals surface area contributed by atoms with Crippen LogP contribution in [0.4, 0.5) is 5.69 Å². The minimum atomic E-state index is -3.78. The first kappa shape index (κ1) is 14.7. The Kier molecular flexibility index (Phi) is 4.20. The van der Waals surface area contributed by atoms with E-state index in [4.69, 9.17) is 4.74 Å². The number of phenols is 1. The van der Waals surface area contributed by atoms with E-state index in [9.17, 15) is 13.5 Å². The molecule has 0 saturated carbocycles. The maximum Gasteiger partial charge on any atom is 0.263 e. The second-order valence-electron chi connectivity index (χ2n) is 3.92. The molecule has 5 nitrogen and oxygen atoms in total. The summed E-state index contributed by atoms with van der Waals surface area (Å²) in [6, 6.07) is 10.7. The van der Waals surface area contributed by atoms with E-state index >= 15 is 0 Å². The maximum absolute atomic E-state index is 12.2. The maximum atomic E-state index is 12.2. The molecule has 0 heterocycles. The van der Waals surface area contributed by atoms with E-state index < -0.39 is 10.0 Å². The second-order valence-corrected chi connectivity index (χ2v) is 6.42. The lowest BCUT2D eigenvalue weighted by Crippen LogP contribution is -2.13. The highest BCUT2D eigenvalue weighted by atomic mass is 79.9. The van der Waals surface area contributed by atoms with Gasteiger partial charge in [-0.2, -0.15) is 0 Å². The number of anilines is 1. The van der Waals surface area contributed by atoms with Crippen molar-refractivity contribution >= 4 is 31.6 Å². The predicted octanol–water partition coefficient (Wildman–Crippen LogP) is 2.96. The highest BCUT2D eigenvalue weighted by Gasteiger charge is 2.18. The molecule has 0 radical (unpaired) electrons. The Labute approximate surface area is 125 Å². The van der Waals surface area contributed by atoms with Crippen LogP contribution in [-0.4, -0.2) is 20.6 Å². The number of aromatic hydroxyl groups is 1. The SMILES string of the molecule is COc1ccc(NS(=O)(=O)c2ccccc2Br)c(O)c1. The number of methoxy groups -OCH3 is 1. The first-order valence-electron chi connectivity index (χ1n) is 5.58. The van der Waals surface area contributed by atoms with Crippen molar-refractivity contribution in [1.29, 1.82) is 0 Å². The van der Waals surface area contributed by atoms with Crippen LogP contribution in [-0.2, 0) is 10.0 Å². The van der Waals surface area contributed by atoms with Crippen molar-refractivity contribution in [2.75, 3.05) is 11.8 Å². The van der Waals surface area contributed by atoms with E-state index in [2.05, 4.69) is 20.7 Å². The van der Waals surface area contributed by atoms with Crippen molar-refractivity contribution < 1.29 is 18.3 Å². The normalized spacial score (nSPS) is 11.1. The first-order chi connectivity index (χ1) is 9.44. The van der Waals surface area contributed by atoms with Gasteiger partial charge in [0.25, 0.3) is 10.0 Å². The van der Waals surface area contributed by atoms with Crippen LogP contribution in [0.15, 0.2) is 51.8 Å². The molecular weight excluding hydrogens is 346 g/mol. The molecule has 0 aliphatic carbocycles. The van der Waals surface area contributed by atoms with Gasteiger partial charge >= 0.3 is 0 Å². The Morgan fingerprint density at radius 2 is 1.90 bits per heavy atom. The van der Waals surface area contributed by atoms with Crippen molar-refractivity contribution in [3.05, 3.63) is 46.9 Å². The summed E-state index contributed by atoms with van der Waals surface area (Å²) in [7, 11) is -2.33. The average molecular weight is 358 g/mol. The molecule has 2 aromatic carbocycles. The molecule has 0 aromatic heterocycles. The largest absolute Gasteiger partial charge is 0.506 e. The number of phenolic OH excluding ortho intramolecular Hbond substituents is 1. The zero-order chi connectivity index (χ0) is 14.8. The fraction of sp³-hybridized carbons (Fsp3) is 0.0769. The second kappa shape index (κ2) is 5.72. The van der Waals surface area contributed by atoms with Crippen molar-refractivity contribution in [2.45, 2.75) is 4.90 Å². The molecule has 0 aliphatic rings. The average Bonchev–Trinajstić information content (AvgIpc) is 2.41. The van der Waals surface area contributed by atoms with Gasteiger partial charge in [-0.25, -0.2) is 8.42 Å². The van der Waals surface area contributed by atoms with Crippen LogP contribution in [0.2, 0.25) is 0 Å². The van der Waals surface area contributed by atoms with Crippen LogP contribution in [0.5, 0.6) is 11.5 Å². The van der Waals surface area contributed by atoms with Gasteiger partial charge in [0, 0.05) is 10.5 Å². The van der Waals surface area contributed by atoms with Crippen LogP contribution in [0.25, 0.3) is 0 Å². The van der Waals surface area contributed by atoms with Gasteiger partial charge in [-0.1, -0.05) is 12.1 Å². The molecule has 7 heteroatoms. The van der Waals surface area contributed by atoms with Gasteiger partial charge in [-0.3, -0.25) is 4.72 Å². The van der Waals surface area contributed by atoms with Crippen LogP contribution in [0.3, 0.4) is 0 Å². The lowest BCUT2D eigenvalue weighted by Gasteiger charge is -2.11. The minimum Gasteiger partial charge on any atom is -0.506 e. The van der Waals surface area contributed by atoms with Crippen LogP contribution in [0.1, 0.15) is 0 Å². The van der Waals surface area contributed by atoms with E-state index in [1.54, 1.807) is 24.3 Å². The third-order valence-corrected chi connectivity index (χ3v) is 4.95. The van der Waals surface area contributed by atoms with Gasteiger partial charge in [0.1, 0.15) is 16.4 Å². The summed E-state index contributed by atoms with van der Waals surface area (Å²) in [5.41, 5.74) is 0.0848. The minimum absolute atomic E-state index is 0.0848. The Balaban J connectivity index is 2.36. The fourth-order valence-electron chi connectivity index (χ4n) is 1.59. The molecule has 20 heavy (non-hydrogen) atoms. The Morgan fingerprint density at radius 1 is 1.20 bits per heavy atom. The summed E-state index contributed by atoms with van der Waals surface area (Å²) >= 11 is 3.19. The Morgan fingerprint density at radius 3 is 2.50 bits per heavy atom. The summed E-state index contributed by atoms with van der Waals surface area (Å²) in [6.07, 6.45) is 0. The van der Waals surface area contributed by atoms with Gasteiger partial charge in [0.05, 0.1) is 12.8 Å². The van der Waals surface area contributed by atoms with Crippen LogP contribution >= 0.6 is 15.9 Å². The van der Waals surface area contributed by atoms with Gasteiger partial charge in [0.2, 0.25) is 0 Å². The number of halogens is 1. The summed E-state index contributed by atoms with van der Waals surface area (Å²) in [5, 5.41) is 9.78. The topological polar surface area (TPSA) is 75.6 Å². The van der Waals surface area contributed by atoms with Gasteiger partial charge < -0.3 is 9.84 Å². The third kappa shape index (κ3) is 3.05. The summed E-state index contributed by atoms with van der Waals surface area (Å²) in [5.74, 6) is 0.228. The van der Waals surface area contributed by atoms with Crippen molar-refractivity contribution in [3.8, 4) is 11.5 Å². The van der Waals surface area contributed by atoms with Crippen molar-refractivity contribution in [2.24, 2.45) is 0 Å². The highest BCUT2D eigenvalue weighted by molar-refractivity contribution is 9.10. The molecule has 0 atom stereocenters. The van der Waals surface area contributed by atoms with E-state index in [1.807, 2.05) is 0 Å². The Hall–Kier alpha value is -1.73. The molecule has 0 aliphatic heterocycles. The van der Waals surface area contributed by atoms with E-state index in [0.717, 1.165) is 0 Å². The molecule has 106 valence electrons. The van der Waals surface area contributed by atoms with Gasteiger partial charge in [0.15, 0.2) is 0 Å². The lowest BCUT2D eigenvalue weighted by atomic mass is 10.3. The summed E-state index contributed by atoms with van der Waals surface area (Å²) in [4.78, 5) is 0.0928. The van der Waals surface area contributed by atoms with Crippen LogP contribution in [0, 0.1) is 0 Å². The fourth-order valence-corrected chi connectivity index (χ4v) is 3.67. The van der Waals surface area contributed by atoms with E-state index in [-0.39, 0.29) is 16.3 Å². The number of sulfonamides is 1. The lowest BCUT2D eigenvalue weighted by molar-refractivity contribution is 0.408. The predicted molar refractivity (Wildman–Crippen MR) is 79.6 cm³/mol. The van der Waals surface area contributed by atoms with Gasteiger partial charge in [-0.15, -0.1) is 0 Å². The van der Waals surface area contributed by atoms with Gasteiger partial charge in [-0.05, 0) is 40.2 Å². The monoisotopic (exact) mass is 357 g/mol. The number of ether oxygens (including phenoxy) is 1. The molecule has 0 unspecified atom stereocenters. The standard InChI is InChI=1S/C13H12BrNO4S/c1-19-9-6-7-11(12(16)8-9)15-20(17,18)13-5-3-2-4-10(13)14/h2-8,15-16H,1H3. The number of benzene rings is 2. The van der Waals surface area contributed by atoms with E-state index in [0.29, 0.717) is 10.2 Å². The zero-order valence-corrected chi connectivity index (χ0v) is 12.9. The quantitative estimate of drug-likeness (QED) is 0.824.